The van der Waals surface area contributed by atoms with Gasteiger partial charge in [-0.05, 0) is 13.0 Å². The van der Waals surface area contributed by atoms with Crippen LogP contribution in [0.5, 0.6) is 0 Å². The van der Waals surface area contributed by atoms with Gasteiger partial charge in [-0.25, -0.2) is 0 Å². The first-order chi connectivity index (χ1) is 5.20. The van der Waals surface area contributed by atoms with Gasteiger partial charge in [0.05, 0.1) is 0 Å². The molecule has 0 saturated carbocycles. The second-order valence-corrected chi connectivity index (χ2v) is 3.52. The standard InChI is InChI=1S/C7H14N2OS/c1-5(10)9-4-6-7(11)2-3-8-6/h6-8,11H,2-4H2,1H3,(H,9,10). The number of hydrogen-bond acceptors (Lipinski definition) is 3. The summed E-state index contributed by atoms with van der Waals surface area (Å²) in [5, 5.41) is 6.43. The number of nitrogens with one attached hydrogen (secondary N) is 2. The van der Waals surface area contributed by atoms with E-state index in [1.165, 1.54) is 6.92 Å². The number of carbonyl (C=O) groups excluding carboxylic acids is 1. The molecule has 4 heteroatoms. The molecule has 1 aliphatic heterocycles. The smallest absolute Gasteiger partial charge is 0.216 e. The molecule has 1 amide bonds. The first-order valence-electron chi connectivity index (χ1n) is 3.86. The fraction of sp³-hybridized carbons (Fsp3) is 0.857. The van der Waals surface area contributed by atoms with Crippen LogP contribution in [-0.4, -0.2) is 30.3 Å². The summed E-state index contributed by atoms with van der Waals surface area (Å²) in [6.07, 6.45) is 1.09. The van der Waals surface area contributed by atoms with E-state index in [0.29, 0.717) is 17.8 Å². The molecule has 0 aliphatic carbocycles. The molecule has 2 unspecified atom stereocenters. The van der Waals surface area contributed by atoms with Gasteiger partial charge in [0.15, 0.2) is 0 Å². The molecule has 1 rings (SSSR count). The van der Waals surface area contributed by atoms with Crippen molar-refractivity contribution in [2.45, 2.75) is 24.6 Å². The molecule has 0 spiro atoms. The van der Waals surface area contributed by atoms with E-state index in [-0.39, 0.29) is 5.91 Å². The van der Waals surface area contributed by atoms with Crippen LogP contribution in [0.3, 0.4) is 0 Å². The molecular weight excluding hydrogens is 160 g/mol. The lowest BCUT2D eigenvalue weighted by atomic mass is 10.2. The molecule has 1 saturated heterocycles. The highest BCUT2D eigenvalue weighted by Crippen LogP contribution is 2.11. The van der Waals surface area contributed by atoms with Crippen molar-refractivity contribution >= 4 is 18.5 Å². The van der Waals surface area contributed by atoms with Crippen molar-refractivity contribution < 1.29 is 4.79 Å². The van der Waals surface area contributed by atoms with Crippen LogP contribution in [0, 0.1) is 0 Å². The van der Waals surface area contributed by atoms with Gasteiger partial charge in [0.1, 0.15) is 0 Å². The molecule has 0 aromatic rings. The van der Waals surface area contributed by atoms with Crippen molar-refractivity contribution in [3.8, 4) is 0 Å². The average molecular weight is 174 g/mol. The van der Waals surface area contributed by atoms with Gasteiger partial charge in [-0.15, -0.1) is 0 Å². The van der Waals surface area contributed by atoms with Crippen molar-refractivity contribution in [3.05, 3.63) is 0 Å². The summed E-state index contributed by atoms with van der Waals surface area (Å²) in [6.45, 7) is 3.24. The van der Waals surface area contributed by atoms with E-state index >= 15 is 0 Å². The summed E-state index contributed by atoms with van der Waals surface area (Å²) in [5.74, 6) is 0.0271. The average Bonchev–Trinajstić information content (AvgIpc) is 2.31. The quantitative estimate of drug-likeness (QED) is 0.507. The zero-order valence-corrected chi connectivity index (χ0v) is 7.53. The highest BCUT2D eigenvalue weighted by molar-refractivity contribution is 7.81. The Kier molecular flexibility index (Phi) is 3.20. The highest BCUT2D eigenvalue weighted by Gasteiger charge is 2.22. The summed E-state index contributed by atoms with van der Waals surface area (Å²) in [5.41, 5.74) is 0. The molecule has 0 bridgehead atoms. The van der Waals surface area contributed by atoms with Crippen molar-refractivity contribution in [2.75, 3.05) is 13.1 Å². The van der Waals surface area contributed by atoms with Crippen LogP contribution >= 0.6 is 12.6 Å². The van der Waals surface area contributed by atoms with Crippen LogP contribution < -0.4 is 10.6 Å². The van der Waals surface area contributed by atoms with Crippen molar-refractivity contribution in [2.24, 2.45) is 0 Å². The number of carbonyl (C=O) groups is 1. The Bertz CT molecular complexity index is 151. The van der Waals surface area contributed by atoms with E-state index in [9.17, 15) is 4.79 Å². The summed E-state index contributed by atoms with van der Waals surface area (Å²) < 4.78 is 0. The van der Waals surface area contributed by atoms with Gasteiger partial charge in [-0.3, -0.25) is 4.79 Å². The fourth-order valence-electron chi connectivity index (χ4n) is 1.22. The molecule has 2 atom stereocenters. The van der Waals surface area contributed by atoms with E-state index in [0.717, 1.165) is 13.0 Å². The van der Waals surface area contributed by atoms with E-state index in [1.807, 2.05) is 0 Å². The Morgan fingerprint density at radius 1 is 1.82 bits per heavy atom. The second-order valence-electron chi connectivity index (χ2n) is 2.85. The Hall–Kier alpha value is -0.220. The van der Waals surface area contributed by atoms with E-state index in [2.05, 4.69) is 23.3 Å². The number of amides is 1. The molecule has 0 aromatic heterocycles. The maximum absolute atomic E-state index is 10.5. The van der Waals surface area contributed by atoms with Gasteiger partial charge >= 0.3 is 0 Å². The molecule has 1 heterocycles. The van der Waals surface area contributed by atoms with Gasteiger partial charge in [-0.1, -0.05) is 0 Å². The van der Waals surface area contributed by atoms with Crippen LogP contribution in [0.2, 0.25) is 0 Å². The van der Waals surface area contributed by atoms with E-state index in [1.54, 1.807) is 0 Å². The normalized spacial score (nSPS) is 30.4. The van der Waals surface area contributed by atoms with E-state index in [4.69, 9.17) is 0 Å². The third kappa shape index (κ3) is 2.71. The Labute approximate surface area is 72.3 Å². The third-order valence-corrected chi connectivity index (χ3v) is 2.50. The number of rotatable bonds is 2. The molecule has 64 valence electrons. The largest absolute Gasteiger partial charge is 0.355 e. The van der Waals surface area contributed by atoms with Gasteiger partial charge in [0, 0.05) is 24.8 Å². The number of hydrogen-bond donors (Lipinski definition) is 3. The minimum absolute atomic E-state index is 0.0271. The number of thiol groups is 1. The third-order valence-electron chi connectivity index (χ3n) is 1.88. The molecule has 0 aromatic carbocycles. The van der Waals surface area contributed by atoms with Gasteiger partial charge in [0.2, 0.25) is 5.91 Å². The summed E-state index contributed by atoms with van der Waals surface area (Å²) in [6, 6.07) is 0.349. The summed E-state index contributed by atoms with van der Waals surface area (Å²) in [4.78, 5) is 10.5. The maximum atomic E-state index is 10.5. The minimum Gasteiger partial charge on any atom is -0.355 e. The molecule has 0 radical (unpaired) electrons. The predicted molar refractivity (Wildman–Crippen MR) is 47.9 cm³/mol. The van der Waals surface area contributed by atoms with Crippen molar-refractivity contribution in [3.63, 3.8) is 0 Å². The van der Waals surface area contributed by atoms with Crippen LogP contribution in [0.25, 0.3) is 0 Å². The van der Waals surface area contributed by atoms with Crippen molar-refractivity contribution in [1.29, 1.82) is 0 Å². The van der Waals surface area contributed by atoms with E-state index < -0.39 is 0 Å². The van der Waals surface area contributed by atoms with Crippen LogP contribution in [0.15, 0.2) is 0 Å². The predicted octanol–water partition coefficient (Wildman–Crippen LogP) is -0.217. The van der Waals surface area contributed by atoms with Crippen molar-refractivity contribution in [1.82, 2.24) is 10.6 Å². The first kappa shape index (κ1) is 8.87. The molecule has 1 aliphatic rings. The SMILES string of the molecule is CC(=O)NCC1NCCC1S. The lowest BCUT2D eigenvalue weighted by molar-refractivity contribution is -0.119. The molecular formula is C7H14N2OS. The lowest BCUT2D eigenvalue weighted by Gasteiger charge is -2.14. The maximum Gasteiger partial charge on any atom is 0.216 e. The first-order valence-corrected chi connectivity index (χ1v) is 4.37. The topological polar surface area (TPSA) is 41.1 Å². The van der Waals surface area contributed by atoms with Gasteiger partial charge in [-0.2, -0.15) is 12.6 Å². The minimum atomic E-state index is 0.0271. The zero-order valence-electron chi connectivity index (χ0n) is 6.63. The van der Waals surface area contributed by atoms with Crippen LogP contribution in [0.4, 0.5) is 0 Å². The monoisotopic (exact) mass is 174 g/mol. The molecule has 11 heavy (non-hydrogen) atoms. The molecule has 3 nitrogen and oxygen atoms in total. The van der Waals surface area contributed by atoms with Crippen LogP contribution in [-0.2, 0) is 4.79 Å². The Balaban J connectivity index is 2.20. The zero-order chi connectivity index (χ0) is 8.27. The Morgan fingerprint density at radius 2 is 2.55 bits per heavy atom. The lowest BCUT2D eigenvalue weighted by Crippen LogP contribution is -2.40. The molecule has 2 N–H and O–H groups in total. The van der Waals surface area contributed by atoms with Gasteiger partial charge < -0.3 is 10.6 Å². The summed E-state index contributed by atoms with van der Waals surface area (Å²) >= 11 is 4.38. The van der Waals surface area contributed by atoms with Gasteiger partial charge in [0.25, 0.3) is 0 Å². The summed E-state index contributed by atoms with van der Waals surface area (Å²) in [7, 11) is 0. The second kappa shape index (κ2) is 3.97. The Morgan fingerprint density at radius 3 is 3.00 bits per heavy atom. The fourth-order valence-corrected chi connectivity index (χ4v) is 1.56. The van der Waals surface area contributed by atoms with Crippen LogP contribution in [0.1, 0.15) is 13.3 Å². The highest BCUT2D eigenvalue weighted by atomic mass is 32.1. The molecule has 1 fully saturated rings.